The number of hydrogen-bond donors (Lipinski definition) is 1. The van der Waals surface area contributed by atoms with Crippen molar-refractivity contribution in [2.45, 2.75) is 5.51 Å². The Bertz CT molecular complexity index is 725. The summed E-state index contributed by atoms with van der Waals surface area (Å²) in [6.45, 7) is 0. The highest BCUT2D eigenvalue weighted by atomic mass is 32.2. The minimum atomic E-state index is -5.84. The standard InChI is InChI=1S/C13H10O.CHF3O3S/c14-10-11-5-4-8-13(9-11)12-6-2-1-3-7-12;2-1(3,4)8(5,6)7/h1-10H;(H,5,6,7). The van der Waals surface area contributed by atoms with Gasteiger partial charge in [0.2, 0.25) is 0 Å². The lowest BCUT2D eigenvalue weighted by molar-refractivity contribution is -0.0510. The highest BCUT2D eigenvalue weighted by molar-refractivity contribution is 7.86. The van der Waals surface area contributed by atoms with Crippen LogP contribution in [0.2, 0.25) is 0 Å². The SMILES string of the molecule is O=Cc1cccc(-c2ccccc2)c1.O=S(=O)(O)C(F)(F)F. The molecule has 8 heteroatoms. The van der Waals surface area contributed by atoms with Crippen molar-refractivity contribution in [1.82, 2.24) is 0 Å². The quantitative estimate of drug-likeness (QED) is 0.518. The van der Waals surface area contributed by atoms with Crippen LogP contribution in [0.4, 0.5) is 13.2 Å². The number of carbonyl (C=O) groups excluding carboxylic acids is 1. The molecule has 0 aliphatic heterocycles. The Balaban J connectivity index is 0.000000261. The molecule has 0 radical (unpaired) electrons. The maximum atomic E-state index is 10.7. The van der Waals surface area contributed by atoms with E-state index in [0.29, 0.717) is 5.56 Å². The Labute approximate surface area is 125 Å². The van der Waals surface area contributed by atoms with Gasteiger partial charge in [-0.15, -0.1) is 0 Å². The summed E-state index contributed by atoms with van der Waals surface area (Å²) in [6, 6.07) is 17.6. The van der Waals surface area contributed by atoms with Gasteiger partial charge >= 0.3 is 15.6 Å². The summed E-state index contributed by atoms with van der Waals surface area (Å²) in [6.07, 6.45) is 0.867. The fraction of sp³-hybridized carbons (Fsp3) is 0.0714. The van der Waals surface area contributed by atoms with Crippen LogP contribution in [0.15, 0.2) is 54.6 Å². The Morgan fingerprint density at radius 3 is 1.86 bits per heavy atom. The third kappa shape index (κ3) is 5.30. The van der Waals surface area contributed by atoms with E-state index in [1.54, 1.807) is 6.07 Å². The number of hydrogen-bond acceptors (Lipinski definition) is 3. The molecule has 0 amide bonds. The van der Waals surface area contributed by atoms with Gasteiger partial charge in [-0.3, -0.25) is 9.35 Å². The van der Waals surface area contributed by atoms with Gasteiger partial charge in [-0.05, 0) is 17.2 Å². The smallest absolute Gasteiger partial charge is 0.298 e. The lowest BCUT2D eigenvalue weighted by Crippen LogP contribution is -2.21. The van der Waals surface area contributed by atoms with Crippen LogP contribution >= 0.6 is 0 Å². The maximum Gasteiger partial charge on any atom is 0.522 e. The van der Waals surface area contributed by atoms with Gasteiger partial charge in [0.15, 0.2) is 0 Å². The van der Waals surface area contributed by atoms with Gasteiger partial charge in [-0.2, -0.15) is 21.6 Å². The molecule has 22 heavy (non-hydrogen) atoms. The van der Waals surface area contributed by atoms with E-state index in [9.17, 15) is 18.0 Å². The molecule has 0 heterocycles. The van der Waals surface area contributed by atoms with E-state index >= 15 is 0 Å². The van der Waals surface area contributed by atoms with Crippen molar-refractivity contribution < 1.29 is 30.9 Å². The van der Waals surface area contributed by atoms with E-state index in [2.05, 4.69) is 0 Å². The molecule has 0 spiro atoms. The molecule has 2 aromatic carbocycles. The molecule has 0 aliphatic carbocycles. The fourth-order valence-corrected chi connectivity index (χ4v) is 1.42. The summed E-state index contributed by atoms with van der Waals surface area (Å²) in [7, 11) is -5.84. The first kappa shape index (κ1) is 17.9. The van der Waals surface area contributed by atoms with Gasteiger partial charge in [-0.1, -0.05) is 48.5 Å². The van der Waals surface area contributed by atoms with Gasteiger partial charge < -0.3 is 0 Å². The minimum Gasteiger partial charge on any atom is -0.298 e. The summed E-state index contributed by atoms with van der Waals surface area (Å²) in [5.74, 6) is 0. The topological polar surface area (TPSA) is 71.4 Å². The lowest BCUT2D eigenvalue weighted by Gasteiger charge is -2.00. The van der Waals surface area contributed by atoms with Crippen LogP contribution in [-0.4, -0.2) is 24.8 Å². The van der Waals surface area contributed by atoms with E-state index in [1.807, 2.05) is 48.5 Å². The molecule has 2 aromatic rings. The fourth-order valence-electron chi connectivity index (χ4n) is 1.42. The van der Waals surface area contributed by atoms with Crippen LogP contribution in [-0.2, 0) is 10.1 Å². The van der Waals surface area contributed by atoms with Gasteiger partial charge in [0.1, 0.15) is 6.29 Å². The Kier molecular flexibility index (Phi) is 5.84. The first-order chi connectivity index (χ1) is 10.1. The lowest BCUT2D eigenvalue weighted by atomic mass is 10.0. The number of alkyl halides is 3. The van der Waals surface area contributed by atoms with E-state index in [0.717, 1.165) is 17.4 Å². The summed E-state index contributed by atoms with van der Waals surface area (Å²) in [5.41, 5.74) is -2.61. The van der Waals surface area contributed by atoms with Crippen molar-refractivity contribution in [3.8, 4) is 11.1 Å². The summed E-state index contributed by atoms with van der Waals surface area (Å²) >= 11 is 0. The average Bonchev–Trinajstić information content (AvgIpc) is 2.47. The van der Waals surface area contributed by atoms with E-state index < -0.39 is 15.6 Å². The predicted octanol–water partition coefficient (Wildman–Crippen LogP) is 3.56. The first-order valence-corrected chi connectivity index (χ1v) is 7.23. The van der Waals surface area contributed by atoms with Crippen LogP contribution in [0.3, 0.4) is 0 Å². The van der Waals surface area contributed by atoms with Gasteiger partial charge in [0, 0.05) is 5.56 Å². The second kappa shape index (κ2) is 7.19. The molecular weight excluding hydrogens is 321 g/mol. The molecule has 0 unspecified atom stereocenters. The minimum absolute atomic E-state index is 0.714. The van der Waals surface area contributed by atoms with Crippen molar-refractivity contribution in [1.29, 1.82) is 0 Å². The molecule has 1 N–H and O–H groups in total. The monoisotopic (exact) mass is 332 g/mol. The number of halogens is 3. The zero-order valence-corrected chi connectivity index (χ0v) is 11.8. The van der Waals surface area contributed by atoms with Crippen molar-refractivity contribution in [3.63, 3.8) is 0 Å². The highest BCUT2D eigenvalue weighted by Crippen LogP contribution is 2.20. The molecule has 4 nitrogen and oxygen atoms in total. The molecule has 0 saturated heterocycles. The number of benzene rings is 2. The third-order valence-electron chi connectivity index (χ3n) is 2.42. The Morgan fingerprint density at radius 2 is 1.41 bits per heavy atom. The third-order valence-corrected chi connectivity index (χ3v) is 3.01. The molecule has 0 aromatic heterocycles. The summed E-state index contributed by atoms with van der Waals surface area (Å²) in [4.78, 5) is 10.6. The van der Waals surface area contributed by atoms with Crippen molar-refractivity contribution in [2.24, 2.45) is 0 Å². The number of aldehydes is 1. The molecule has 2 rings (SSSR count). The maximum absolute atomic E-state index is 10.7. The first-order valence-electron chi connectivity index (χ1n) is 5.79. The zero-order valence-electron chi connectivity index (χ0n) is 11.0. The molecule has 0 aliphatic rings. The molecule has 0 fully saturated rings. The Hall–Kier alpha value is -2.19. The van der Waals surface area contributed by atoms with Gasteiger partial charge in [0.25, 0.3) is 0 Å². The molecular formula is C14H11F3O4S. The van der Waals surface area contributed by atoms with Gasteiger partial charge in [0.05, 0.1) is 0 Å². The average molecular weight is 332 g/mol. The number of rotatable bonds is 2. The van der Waals surface area contributed by atoms with Crippen LogP contribution in [0.1, 0.15) is 10.4 Å². The second-order valence-electron chi connectivity index (χ2n) is 4.03. The predicted molar refractivity (Wildman–Crippen MR) is 74.9 cm³/mol. The summed E-state index contributed by atoms with van der Waals surface area (Å²) in [5, 5.41) is 0. The van der Waals surface area contributed by atoms with E-state index in [1.165, 1.54) is 0 Å². The summed E-state index contributed by atoms with van der Waals surface area (Å²) < 4.78 is 57.5. The molecule has 0 bridgehead atoms. The van der Waals surface area contributed by atoms with E-state index in [4.69, 9.17) is 13.0 Å². The molecule has 118 valence electrons. The van der Waals surface area contributed by atoms with Gasteiger partial charge in [-0.25, -0.2) is 0 Å². The van der Waals surface area contributed by atoms with E-state index in [-0.39, 0.29) is 0 Å². The van der Waals surface area contributed by atoms with Crippen LogP contribution in [0.5, 0.6) is 0 Å². The molecule has 0 saturated carbocycles. The van der Waals surface area contributed by atoms with Crippen molar-refractivity contribution >= 4 is 16.4 Å². The van der Waals surface area contributed by atoms with Crippen LogP contribution in [0, 0.1) is 0 Å². The largest absolute Gasteiger partial charge is 0.522 e. The highest BCUT2D eigenvalue weighted by Gasteiger charge is 2.44. The number of carbonyl (C=O) groups is 1. The zero-order chi connectivity index (χ0) is 16.8. The Morgan fingerprint density at radius 1 is 0.909 bits per heavy atom. The normalized spacial score (nSPS) is 11.3. The second-order valence-corrected chi connectivity index (χ2v) is 5.44. The van der Waals surface area contributed by atoms with Crippen molar-refractivity contribution in [2.75, 3.05) is 0 Å². The van der Waals surface area contributed by atoms with Crippen LogP contribution in [0.25, 0.3) is 11.1 Å². The van der Waals surface area contributed by atoms with Crippen molar-refractivity contribution in [3.05, 3.63) is 60.2 Å². The van der Waals surface area contributed by atoms with Crippen LogP contribution < -0.4 is 0 Å². The molecule has 0 atom stereocenters.